The molecule has 2 rings (SSSR count). The Balaban J connectivity index is 2.20. The second-order valence-corrected chi connectivity index (χ2v) is 5.23. The molecular weight excluding hydrogens is 272 g/mol. The summed E-state index contributed by atoms with van der Waals surface area (Å²) in [4.78, 5) is 5.32. The highest BCUT2D eigenvalue weighted by Crippen LogP contribution is 2.33. The van der Waals surface area contributed by atoms with Gasteiger partial charge < -0.3 is 4.90 Å². The van der Waals surface area contributed by atoms with Crippen LogP contribution in [0.3, 0.4) is 0 Å². The highest BCUT2D eigenvalue weighted by Gasteiger charge is 2.21. The Kier molecular flexibility index (Phi) is 4.62. The Bertz CT molecular complexity index is 750. The van der Waals surface area contributed by atoms with Crippen LogP contribution in [0.1, 0.15) is 18.9 Å². The number of anilines is 1. The first-order valence-electron chi connectivity index (χ1n) is 7.01. The summed E-state index contributed by atoms with van der Waals surface area (Å²) in [5.74, 6) is -0.437. The number of nitrogens with zero attached hydrogens (tertiary/aromatic N) is 4. The molecule has 0 radical (unpaired) electrons. The lowest BCUT2D eigenvalue weighted by molar-refractivity contribution is 0.777. The molecule has 0 amide bonds. The van der Waals surface area contributed by atoms with Crippen LogP contribution in [0, 0.1) is 35.2 Å². The first-order chi connectivity index (χ1) is 10.6. The van der Waals surface area contributed by atoms with E-state index in [1.165, 1.54) is 11.3 Å². The fraction of sp³-hybridized carbons (Fsp3) is 0.278. The normalized spacial score (nSPS) is 17.0. The summed E-state index contributed by atoms with van der Waals surface area (Å²) in [7, 11) is 2.02. The van der Waals surface area contributed by atoms with Gasteiger partial charge in [0.1, 0.15) is 0 Å². The summed E-state index contributed by atoms with van der Waals surface area (Å²) >= 11 is 0. The molecule has 0 fully saturated rings. The van der Waals surface area contributed by atoms with E-state index in [4.69, 9.17) is 11.8 Å². The van der Waals surface area contributed by atoms with Gasteiger partial charge in [0.15, 0.2) is 0 Å². The molecule has 0 bridgehead atoms. The van der Waals surface area contributed by atoms with Crippen molar-refractivity contribution in [1.82, 2.24) is 0 Å². The number of allylic oxidation sites excluding steroid dienone is 4. The molecule has 1 atom stereocenters. The van der Waals surface area contributed by atoms with E-state index in [1.54, 1.807) is 6.92 Å². The smallest absolute Gasteiger partial charge is 0.262 e. The zero-order valence-electron chi connectivity index (χ0n) is 12.7. The van der Waals surface area contributed by atoms with Crippen LogP contribution in [-0.2, 0) is 6.42 Å². The molecule has 4 heteroatoms. The van der Waals surface area contributed by atoms with Gasteiger partial charge in [0.25, 0.3) is 5.70 Å². The minimum absolute atomic E-state index is 0.0213. The van der Waals surface area contributed by atoms with Gasteiger partial charge in [0.05, 0.1) is 24.6 Å². The number of nitriles is 2. The first kappa shape index (κ1) is 15.4. The topological polar surface area (TPSA) is 55.2 Å². The molecule has 0 saturated heterocycles. The van der Waals surface area contributed by atoms with Crippen LogP contribution in [0.4, 0.5) is 5.69 Å². The van der Waals surface area contributed by atoms with E-state index in [0.717, 1.165) is 12.1 Å². The highest BCUT2D eigenvalue weighted by molar-refractivity contribution is 5.64. The van der Waals surface area contributed by atoms with Crippen molar-refractivity contribution in [3.63, 3.8) is 0 Å². The molecule has 1 unspecified atom stereocenters. The maximum absolute atomic E-state index is 9.31. The van der Waals surface area contributed by atoms with Gasteiger partial charge in [0.2, 0.25) is 0 Å². The van der Waals surface area contributed by atoms with Crippen molar-refractivity contribution < 1.29 is 0 Å². The number of para-hydroxylation sites is 1. The van der Waals surface area contributed by atoms with Crippen LogP contribution < -0.4 is 4.90 Å². The summed E-state index contributed by atoms with van der Waals surface area (Å²) in [6, 6.07) is 12.3. The van der Waals surface area contributed by atoms with E-state index in [0.29, 0.717) is 12.0 Å². The van der Waals surface area contributed by atoms with Crippen LogP contribution in [-0.4, -0.2) is 7.05 Å². The molecule has 1 aromatic rings. The molecule has 22 heavy (non-hydrogen) atoms. The molecule has 0 aromatic heterocycles. The Labute approximate surface area is 131 Å². The largest absolute Gasteiger partial charge is 0.348 e. The highest BCUT2D eigenvalue weighted by atomic mass is 15.1. The Morgan fingerprint density at radius 1 is 1.45 bits per heavy atom. The first-order valence-corrected chi connectivity index (χ1v) is 7.01. The molecule has 1 heterocycles. The van der Waals surface area contributed by atoms with Gasteiger partial charge in [-0.15, -0.1) is 0 Å². The van der Waals surface area contributed by atoms with E-state index in [9.17, 15) is 5.26 Å². The number of benzene rings is 1. The van der Waals surface area contributed by atoms with E-state index >= 15 is 0 Å². The number of rotatable bonds is 3. The van der Waals surface area contributed by atoms with Crippen molar-refractivity contribution in [2.75, 3.05) is 11.9 Å². The third-order valence-corrected chi connectivity index (χ3v) is 4.01. The van der Waals surface area contributed by atoms with Gasteiger partial charge >= 0.3 is 0 Å². The molecule has 0 spiro atoms. The van der Waals surface area contributed by atoms with Crippen molar-refractivity contribution >= 4 is 5.69 Å². The minimum atomic E-state index is -0.437. The van der Waals surface area contributed by atoms with Crippen LogP contribution >= 0.6 is 0 Å². The predicted molar refractivity (Wildman–Crippen MR) is 85.3 cm³/mol. The van der Waals surface area contributed by atoms with Gasteiger partial charge in [0, 0.05) is 24.9 Å². The average Bonchev–Trinajstić information content (AvgIpc) is 2.86. The lowest BCUT2D eigenvalue weighted by atomic mass is 9.96. The average molecular weight is 288 g/mol. The van der Waals surface area contributed by atoms with E-state index in [-0.39, 0.29) is 5.70 Å². The zero-order chi connectivity index (χ0) is 16.1. The van der Waals surface area contributed by atoms with E-state index < -0.39 is 5.92 Å². The van der Waals surface area contributed by atoms with E-state index in [2.05, 4.69) is 27.9 Å². The van der Waals surface area contributed by atoms with E-state index in [1.807, 2.05) is 31.3 Å². The Hall–Kier alpha value is -3.03. The summed E-state index contributed by atoms with van der Waals surface area (Å²) < 4.78 is 0. The second kappa shape index (κ2) is 6.61. The van der Waals surface area contributed by atoms with Crippen molar-refractivity contribution in [3.8, 4) is 12.1 Å². The SMILES string of the molecule is [C-]#[N+]/C(C#N)=C(/C)C(C#N)CC=C1Cc2ccccc2N1C. The quantitative estimate of drug-likeness (QED) is 0.627. The summed E-state index contributed by atoms with van der Waals surface area (Å²) in [5, 5.41) is 18.2. The number of hydrogen-bond acceptors (Lipinski definition) is 3. The standard InChI is InChI=1S/C18H16N4/c1-13(17(12-20)21-2)15(11-19)8-9-16-10-14-6-4-5-7-18(14)22(16)3/h4-7,9,15H,8,10H2,1,3H3/b16-9?,17-13-. The molecule has 4 nitrogen and oxygen atoms in total. The van der Waals surface area contributed by atoms with Crippen molar-refractivity contribution in [2.24, 2.45) is 5.92 Å². The van der Waals surface area contributed by atoms with Crippen molar-refractivity contribution in [2.45, 2.75) is 19.8 Å². The van der Waals surface area contributed by atoms with Crippen LogP contribution in [0.5, 0.6) is 0 Å². The van der Waals surface area contributed by atoms with Gasteiger partial charge in [-0.25, -0.2) is 10.1 Å². The van der Waals surface area contributed by atoms with Gasteiger partial charge in [-0.2, -0.15) is 5.26 Å². The minimum Gasteiger partial charge on any atom is -0.348 e. The fourth-order valence-corrected chi connectivity index (χ4v) is 2.61. The van der Waals surface area contributed by atoms with Gasteiger partial charge in [-0.3, -0.25) is 0 Å². The predicted octanol–water partition coefficient (Wildman–Crippen LogP) is 3.81. The lowest BCUT2D eigenvalue weighted by Crippen LogP contribution is -2.11. The Morgan fingerprint density at radius 3 is 2.77 bits per heavy atom. The van der Waals surface area contributed by atoms with Crippen LogP contribution in [0.2, 0.25) is 0 Å². The maximum atomic E-state index is 9.31. The summed E-state index contributed by atoms with van der Waals surface area (Å²) in [6.07, 6.45) is 3.40. The lowest BCUT2D eigenvalue weighted by Gasteiger charge is -2.15. The van der Waals surface area contributed by atoms with Gasteiger partial charge in [-0.05, 0) is 23.6 Å². The molecule has 0 aliphatic carbocycles. The van der Waals surface area contributed by atoms with Crippen molar-refractivity contribution in [3.05, 3.63) is 64.3 Å². The number of hydrogen-bond donors (Lipinski definition) is 0. The molecule has 1 aromatic carbocycles. The molecule has 1 aliphatic rings. The van der Waals surface area contributed by atoms with Crippen LogP contribution in [0.15, 0.2) is 47.3 Å². The molecular formula is C18H16N4. The van der Waals surface area contributed by atoms with Crippen LogP contribution in [0.25, 0.3) is 4.85 Å². The third kappa shape index (κ3) is 2.85. The third-order valence-electron chi connectivity index (χ3n) is 4.01. The maximum Gasteiger partial charge on any atom is 0.262 e. The summed E-state index contributed by atoms with van der Waals surface area (Å²) in [5.41, 5.74) is 4.18. The monoisotopic (exact) mass is 288 g/mol. The molecule has 0 saturated carbocycles. The zero-order valence-corrected chi connectivity index (χ0v) is 12.7. The molecule has 108 valence electrons. The summed E-state index contributed by atoms with van der Waals surface area (Å²) in [6.45, 7) is 8.68. The van der Waals surface area contributed by atoms with Crippen molar-refractivity contribution in [1.29, 1.82) is 10.5 Å². The van der Waals surface area contributed by atoms with Gasteiger partial charge in [-0.1, -0.05) is 31.2 Å². The number of fused-ring (bicyclic) bond motifs is 1. The Morgan fingerprint density at radius 2 is 2.18 bits per heavy atom. The molecule has 1 aliphatic heterocycles. The second-order valence-electron chi connectivity index (χ2n) is 5.23. The molecule has 0 N–H and O–H groups in total. The number of likely N-dealkylation sites (N-methyl/N-ethyl adjacent to an activating group) is 1. The fourth-order valence-electron chi connectivity index (χ4n) is 2.61.